The molecule has 0 aliphatic carbocycles. The van der Waals surface area contributed by atoms with Gasteiger partial charge in [0.05, 0.1) is 25.9 Å². The average molecular weight is 366 g/mol. The summed E-state index contributed by atoms with van der Waals surface area (Å²) >= 11 is 0. The van der Waals surface area contributed by atoms with E-state index in [9.17, 15) is 4.79 Å². The number of pyridine rings is 1. The van der Waals surface area contributed by atoms with E-state index in [1.165, 1.54) is 7.11 Å². The lowest BCUT2D eigenvalue weighted by atomic mass is 9.90. The Morgan fingerprint density at radius 2 is 2.12 bits per heavy atom. The largest absolute Gasteiger partial charge is 0.469 e. The molecule has 1 aromatic rings. The third-order valence-corrected chi connectivity index (χ3v) is 9.99. The Bertz CT molecular complexity index is 571. The predicted octanol–water partition coefficient (Wildman–Crippen LogP) is 4.11. The number of carbonyl (C=O) groups is 1. The van der Waals surface area contributed by atoms with Crippen LogP contribution in [-0.2, 0) is 18.7 Å². The Labute approximate surface area is 152 Å². The third-order valence-electron chi connectivity index (χ3n) is 5.48. The summed E-state index contributed by atoms with van der Waals surface area (Å²) in [5.41, 5.74) is 1.04. The van der Waals surface area contributed by atoms with Crippen LogP contribution in [0.2, 0.25) is 18.1 Å². The summed E-state index contributed by atoms with van der Waals surface area (Å²) in [6.45, 7) is 11.8. The van der Waals surface area contributed by atoms with Crippen molar-refractivity contribution in [3.63, 3.8) is 0 Å². The fourth-order valence-corrected chi connectivity index (χ4v) is 4.28. The SMILES string of the molecule is COC(=O)CC[C@H]1[C@@H](c2cccnc2)OC[C@H]1O[Si](C)(C)C(C)(C)C. The molecule has 0 radical (unpaired) electrons. The van der Waals surface area contributed by atoms with Crippen LogP contribution in [0.25, 0.3) is 0 Å². The number of hydrogen-bond donors (Lipinski definition) is 0. The van der Waals surface area contributed by atoms with Crippen molar-refractivity contribution in [2.75, 3.05) is 13.7 Å². The van der Waals surface area contributed by atoms with Gasteiger partial charge in [-0.05, 0) is 36.2 Å². The number of rotatable bonds is 6. The van der Waals surface area contributed by atoms with Gasteiger partial charge in [0.1, 0.15) is 0 Å². The summed E-state index contributed by atoms with van der Waals surface area (Å²) in [5, 5.41) is 0.131. The van der Waals surface area contributed by atoms with Crippen LogP contribution in [0.15, 0.2) is 24.5 Å². The van der Waals surface area contributed by atoms with Gasteiger partial charge in [0.2, 0.25) is 0 Å². The highest BCUT2D eigenvalue weighted by atomic mass is 28.4. The highest BCUT2D eigenvalue weighted by molar-refractivity contribution is 6.74. The number of ether oxygens (including phenoxy) is 2. The van der Waals surface area contributed by atoms with Crippen LogP contribution >= 0.6 is 0 Å². The molecule has 3 atom stereocenters. The van der Waals surface area contributed by atoms with Gasteiger partial charge in [-0.15, -0.1) is 0 Å². The molecule has 0 bridgehead atoms. The summed E-state index contributed by atoms with van der Waals surface area (Å²) in [6, 6.07) is 3.94. The first-order chi connectivity index (χ1) is 11.7. The molecular formula is C19H31NO4Si. The second kappa shape index (κ2) is 7.97. The van der Waals surface area contributed by atoms with Crippen LogP contribution in [0.3, 0.4) is 0 Å². The molecule has 0 unspecified atom stereocenters. The van der Waals surface area contributed by atoms with Crippen molar-refractivity contribution in [1.82, 2.24) is 4.98 Å². The van der Waals surface area contributed by atoms with Crippen molar-refractivity contribution in [2.45, 2.75) is 64.0 Å². The van der Waals surface area contributed by atoms with Gasteiger partial charge < -0.3 is 13.9 Å². The molecule has 2 rings (SSSR count). The number of esters is 1. The summed E-state index contributed by atoms with van der Waals surface area (Å²) < 4.78 is 17.5. The fourth-order valence-electron chi connectivity index (χ4n) is 2.93. The van der Waals surface area contributed by atoms with E-state index in [0.29, 0.717) is 19.4 Å². The Hall–Kier alpha value is -1.24. The first kappa shape index (κ1) is 20.1. The molecule has 0 N–H and O–H groups in total. The van der Waals surface area contributed by atoms with Gasteiger partial charge in [0, 0.05) is 24.7 Å². The van der Waals surface area contributed by atoms with E-state index in [1.807, 2.05) is 18.3 Å². The molecule has 140 valence electrons. The highest BCUT2D eigenvalue weighted by Crippen LogP contribution is 2.44. The van der Waals surface area contributed by atoms with E-state index in [1.54, 1.807) is 6.20 Å². The smallest absolute Gasteiger partial charge is 0.305 e. The molecule has 6 heteroatoms. The van der Waals surface area contributed by atoms with E-state index in [-0.39, 0.29) is 29.1 Å². The Kier molecular flexibility index (Phi) is 6.40. The lowest BCUT2D eigenvalue weighted by Gasteiger charge is -2.39. The number of carbonyl (C=O) groups excluding carboxylic acids is 1. The van der Waals surface area contributed by atoms with Gasteiger partial charge in [-0.2, -0.15) is 0 Å². The fraction of sp³-hybridized carbons (Fsp3) is 0.684. The molecule has 0 spiro atoms. The maximum Gasteiger partial charge on any atom is 0.305 e. The zero-order valence-electron chi connectivity index (χ0n) is 16.2. The van der Waals surface area contributed by atoms with Crippen molar-refractivity contribution >= 4 is 14.3 Å². The van der Waals surface area contributed by atoms with E-state index >= 15 is 0 Å². The molecule has 0 amide bonds. The Morgan fingerprint density at radius 3 is 2.68 bits per heavy atom. The quantitative estimate of drug-likeness (QED) is 0.561. The monoisotopic (exact) mass is 365 g/mol. The third kappa shape index (κ3) is 4.89. The lowest BCUT2D eigenvalue weighted by molar-refractivity contribution is -0.141. The van der Waals surface area contributed by atoms with Crippen LogP contribution in [-0.4, -0.2) is 39.1 Å². The van der Waals surface area contributed by atoms with E-state index in [0.717, 1.165) is 5.56 Å². The standard InChI is InChI=1S/C19H31NO4Si/c1-19(2,3)25(5,6)24-16-13-23-18(14-8-7-11-20-12-14)15(16)9-10-17(21)22-4/h7-8,11-12,15-16,18H,9-10,13H2,1-6H3/t15-,16-,18-/m1/s1. The minimum absolute atomic E-state index is 0.00393. The number of aromatic nitrogens is 1. The maximum absolute atomic E-state index is 11.7. The van der Waals surface area contributed by atoms with E-state index < -0.39 is 8.32 Å². The molecule has 0 saturated carbocycles. The van der Waals surface area contributed by atoms with Gasteiger partial charge >= 0.3 is 5.97 Å². The first-order valence-electron chi connectivity index (χ1n) is 8.92. The van der Waals surface area contributed by atoms with Crippen LogP contribution in [0.1, 0.15) is 45.3 Å². The minimum Gasteiger partial charge on any atom is -0.469 e. The van der Waals surface area contributed by atoms with Crippen LogP contribution in [0.4, 0.5) is 0 Å². The van der Waals surface area contributed by atoms with Crippen LogP contribution < -0.4 is 0 Å². The van der Waals surface area contributed by atoms with Crippen molar-refractivity contribution in [3.8, 4) is 0 Å². The molecule has 5 nitrogen and oxygen atoms in total. The second-order valence-electron chi connectivity index (χ2n) is 8.24. The van der Waals surface area contributed by atoms with Crippen molar-refractivity contribution in [3.05, 3.63) is 30.1 Å². The Balaban J connectivity index is 2.19. The number of methoxy groups -OCH3 is 1. The molecule has 1 aliphatic heterocycles. The summed E-state index contributed by atoms with van der Waals surface area (Å²) in [6.07, 6.45) is 4.56. The number of hydrogen-bond acceptors (Lipinski definition) is 5. The molecule has 0 aromatic carbocycles. The van der Waals surface area contributed by atoms with E-state index in [2.05, 4.69) is 38.8 Å². The van der Waals surface area contributed by atoms with Gasteiger partial charge in [-0.25, -0.2) is 0 Å². The number of nitrogens with zero attached hydrogens (tertiary/aromatic N) is 1. The molecule has 1 aliphatic rings. The van der Waals surface area contributed by atoms with Crippen LogP contribution in [0.5, 0.6) is 0 Å². The molecule has 2 heterocycles. The van der Waals surface area contributed by atoms with Crippen LogP contribution in [0, 0.1) is 5.92 Å². The van der Waals surface area contributed by atoms with Crippen molar-refractivity contribution < 1.29 is 18.7 Å². The van der Waals surface area contributed by atoms with E-state index in [4.69, 9.17) is 13.9 Å². The molecule has 1 fully saturated rings. The zero-order chi connectivity index (χ0) is 18.7. The van der Waals surface area contributed by atoms with Crippen molar-refractivity contribution in [2.24, 2.45) is 5.92 Å². The maximum atomic E-state index is 11.7. The van der Waals surface area contributed by atoms with Gasteiger partial charge in [-0.3, -0.25) is 9.78 Å². The minimum atomic E-state index is -1.92. The van der Waals surface area contributed by atoms with Gasteiger partial charge in [-0.1, -0.05) is 26.8 Å². The first-order valence-corrected chi connectivity index (χ1v) is 11.8. The predicted molar refractivity (Wildman–Crippen MR) is 99.7 cm³/mol. The Morgan fingerprint density at radius 1 is 1.40 bits per heavy atom. The van der Waals surface area contributed by atoms with Gasteiger partial charge in [0.15, 0.2) is 8.32 Å². The normalized spacial score (nSPS) is 24.3. The zero-order valence-corrected chi connectivity index (χ0v) is 17.2. The molecule has 25 heavy (non-hydrogen) atoms. The molecule has 1 saturated heterocycles. The van der Waals surface area contributed by atoms with Gasteiger partial charge in [0.25, 0.3) is 0 Å². The lowest BCUT2D eigenvalue weighted by Crippen LogP contribution is -2.45. The topological polar surface area (TPSA) is 57.7 Å². The second-order valence-corrected chi connectivity index (χ2v) is 13.0. The average Bonchev–Trinajstić information content (AvgIpc) is 2.94. The summed E-state index contributed by atoms with van der Waals surface area (Å²) in [4.78, 5) is 15.9. The van der Waals surface area contributed by atoms with Crippen molar-refractivity contribution in [1.29, 1.82) is 0 Å². The molecule has 1 aromatic heterocycles. The molecular weight excluding hydrogens is 334 g/mol. The summed E-state index contributed by atoms with van der Waals surface area (Å²) in [5.74, 6) is -0.0691. The highest BCUT2D eigenvalue weighted by Gasteiger charge is 2.45. The summed E-state index contributed by atoms with van der Waals surface area (Å²) in [7, 11) is -0.492.